The van der Waals surface area contributed by atoms with Gasteiger partial charge in [-0.05, 0) is 37.9 Å². The van der Waals surface area contributed by atoms with Crippen molar-refractivity contribution >= 4 is 11.3 Å². The summed E-state index contributed by atoms with van der Waals surface area (Å²) in [5.41, 5.74) is 0.423. The summed E-state index contributed by atoms with van der Waals surface area (Å²) >= 11 is 1.96. The highest BCUT2D eigenvalue weighted by Crippen LogP contribution is 2.53. The molecule has 1 nitrogen and oxygen atoms in total. The van der Waals surface area contributed by atoms with Crippen molar-refractivity contribution in [1.82, 2.24) is 5.32 Å². The van der Waals surface area contributed by atoms with E-state index in [4.69, 9.17) is 0 Å². The molecule has 0 amide bonds. The fourth-order valence-electron chi connectivity index (χ4n) is 2.54. The number of nitrogens with one attached hydrogen (secondary N) is 1. The predicted molar refractivity (Wildman–Crippen MR) is 63.0 cm³/mol. The lowest BCUT2D eigenvalue weighted by molar-refractivity contribution is 0.0774. The van der Waals surface area contributed by atoms with Crippen LogP contribution in [0.1, 0.15) is 35.9 Å². The fourth-order valence-corrected chi connectivity index (χ4v) is 3.73. The molecule has 2 unspecified atom stereocenters. The average Bonchev–Trinajstić information content (AvgIpc) is 2.51. The Morgan fingerprint density at radius 3 is 2.57 bits per heavy atom. The van der Waals surface area contributed by atoms with Crippen LogP contribution in [0.25, 0.3) is 0 Å². The summed E-state index contributed by atoms with van der Waals surface area (Å²) in [6, 6.07) is 5.23. The average molecular weight is 209 g/mol. The second-order valence-corrected chi connectivity index (χ2v) is 6.22. The van der Waals surface area contributed by atoms with Crippen LogP contribution in [-0.4, -0.2) is 13.1 Å². The Balaban J connectivity index is 2.16. The van der Waals surface area contributed by atoms with Crippen molar-refractivity contribution < 1.29 is 0 Å². The maximum atomic E-state index is 3.40. The molecular formula is C12H19NS. The monoisotopic (exact) mass is 209 g/mol. The third-order valence-electron chi connectivity index (χ3n) is 3.72. The number of hydrogen-bond donors (Lipinski definition) is 1. The number of hydrogen-bond acceptors (Lipinski definition) is 2. The molecule has 14 heavy (non-hydrogen) atoms. The number of rotatable bonds is 2. The van der Waals surface area contributed by atoms with Crippen molar-refractivity contribution in [3.63, 3.8) is 0 Å². The fraction of sp³-hybridized carbons (Fsp3) is 0.667. The van der Waals surface area contributed by atoms with Gasteiger partial charge in [0.25, 0.3) is 0 Å². The van der Waals surface area contributed by atoms with Crippen molar-refractivity contribution in [2.45, 2.75) is 39.2 Å². The van der Waals surface area contributed by atoms with Gasteiger partial charge in [0.15, 0.2) is 0 Å². The van der Waals surface area contributed by atoms with Crippen LogP contribution in [0, 0.1) is 12.3 Å². The minimum atomic E-state index is 0.423. The van der Waals surface area contributed by atoms with Gasteiger partial charge in [0, 0.05) is 21.7 Å². The Labute approximate surface area is 90.5 Å². The van der Waals surface area contributed by atoms with E-state index in [1.165, 1.54) is 11.3 Å². The molecule has 0 aromatic carbocycles. The largest absolute Gasteiger partial charge is 0.316 e. The Bertz CT molecular complexity index is 327. The summed E-state index contributed by atoms with van der Waals surface area (Å²) in [5, 5.41) is 3.40. The van der Waals surface area contributed by atoms with E-state index >= 15 is 0 Å². The van der Waals surface area contributed by atoms with E-state index in [2.05, 4.69) is 45.3 Å². The number of aryl methyl sites for hydroxylation is 1. The molecule has 1 N–H and O–H groups in total. The van der Waals surface area contributed by atoms with Crippen LogP contribution in [0.5, 0.6) is 0 Å². The van der Waals surface area contributed by atoms with Crippen LogP contribution in [0.4, 0.5) is 0 Å². The van der Waals surface area contributed by atoms with Crippen LogP contribution >= 0.6 is 11.3 Å². The molecule has 1 heterocycles. The van der Waals surface area contributed by atoms with E-state index in [-0.39, 0.29) is 0 Å². The molecule has 0 bridgehead atoms. The van der Waals surface area contributed by atoms with Crippen LogP contribution in [0.15, 0.2) is 12.1 Å². The molecule has 2 atom stereocenters. The zero-order valence-corrected chi connectivity index (χ0v) is 10.2. The van der Waals surface area contributed by atoms with Crippen molar-refractivity contribution in [2.75, 3.05) is 7.05 Å². The van der Waals surface area contributed by atoms with Gasteiger partial charge in [-0.2, -0.15) is 0 Å². The Hall–Kier alpha value is -0.340. The van der Waals surface area contributed by atoms with E-state index in [1.54, 1.807) is 4.88 Å². The third kappa shape index (κ3) is 1.41. The van der Waals surface area contributed by atoms with Gasteiger partial charge in [0.05, 0.1) is 0 Å². The molecule has 1 aliphatic carbocycles. The summed E-state index contributed by atoms with van der Waals surface area (Å²) < 4.78 is 0. The molecule has 0 aliphatic heterocycles. The molecule has 0 saturated heterocycles. The highest BCUT2D eigenvalue weighted by molar-refractivity contribution is 7.12. The van der Waals surface area contributed by atoms with Gasteiger partial charge >= 0.3 is 0 Å². The Morgan fingerprint density at radius 1 is 1.43 bits per heavy atom. The van der Waals surface area contributed by atoms with E-state index < -0.39 is 0 Å². The third-order valence-corrected chi connectivity index (χ3v) is 4.84. The molecule has 1 aliphatic rings. The molecule has 1 aromatic rings. The van der Waals surface area contributed by atoms with E-state index in [0.29, 0.717) is 11.5 Å². The molecule has 1 fully saturated rings. The molecule has 0 radical (unpaired) electrons. The molecular weight excluding hydrogens is 190 g/mol. The first-order valence-corrected chi connectivity index (χ1v) is 6.11. The Morgan fingerprint density at radius 2 is 2.14 bits per heavy atom. The lowest BCUT2D eigenvalue weighted by Gasteiger charge is -2.52. The van der Waals surface area contributed by atoms with Crippen LogP contribution in [-0.2, 0) is 0 Å². The quantitative estimate of drug-likeness (QED) is 0.789. The second-order valence-electron chi connectivity index (χ2n) is 4.90. The summed E-state index contributed by atoms with van der Waals surface area (Å²) in [6.07, 6.45) is 1.30. The van der Waals surface area contributed by atoms with Gasteiger partial charge in [-0.25, -0.2) is 0 Å². The normalized spacial score (nSPS) is 30.0. The first kappa shape index (κ1) is 10.2. The lowest BCUT2D eigenvalue weighted by atomic mass is 9.58. The van der Waals surface area contributed by atoms with Gasteiger partial charge < -0.3 is 5.32 Å². The van der Waals surface area contributed by atoms with Gasteiger partial charge in [-0.3, -0.25) is 0 Å². The van der Waals surface area contributed by atoms with Gasteiger partial charge in [0.1, 0.15) is 0 Å². The zero-order valence-electron chi connectivity index (χ0n) is 9.42. The van der Waals surface area contributed by atoms with Crippen molar-refractivity contribution in [2.24, 2.45) is 5.41 Å². The maximum Gasteiger partial charge on any atom is 0.0128 e. The minimum absolute atomic E-state index is 0.423. The zero-order chi connectivity index (χ0) is 10.3. The summed E-state index contributed by atoms with van der Waals surface area (Å²) in [6.45, 7) is 6.93. The SMILES string of the molecule is CNC1CC(c2ccc(C)s2)C1(C)C. The van der Waals surface area contributed by atoms with E-state index in [9.17, 15) is 0 Å². The molecule has 1 aromatic heterocycles. The van der Waals surface area contributed by atoms with Crippen molar-refractivity contribution in [3.05, 3.63) is 21.9 Å². The van der Waals surface area contributed by atoms with Crippen LogP contribution in [0.2, 0.25) is 0 Å². The van der Waals surface area contributed by atoms with Gasteiger partial charge in [-0.1, -0.05) is 13.8 Å². The highest BCUT2D eigenvalue weighted by Gasteiger charge is 2.48. The molecule has 2 heteroatoms. The summed E-state index contributed by atoms with van der Waals surface area (Å²) in [4.78, 5) is 3.00. The smallest absolute Gasteiger partial charge is 0.0128 e. The maximum absolute atomic E-state index is 3.40. The van der Waals surface area contributed by atoms with Crippen molar-refractivity contribution in [1.29, 1.82) is 0 Å². The minimum Gasteiger partial charge on any atom is -0.316 e. The molecule has 0 spiro atoms. The molecule has 2 rings (SSSR count). The number of thiophene rings is 1. The van der Waals surface area contributed by atoms with E-state index in [1.807, 2.05) is 11.3 Å². The van der Waals surface area contributed by atoms with Gasteiger partial charge in [0.2, 0.25) is 0 Å². The Kier molecular flexibility index (Phi) is 2.44. The summed E-state index contributed by atoms with van der Waals surface area (Å²) in [5.74, 6) is 0.763. The standard InChI is InChI=1S/C12H19NS/c1-8-5-6-10(14-8)9-7-11(13-4)12(9,2)3/h5-6,9,11,13H,7H2,1-4H3. The lowest BCUT2D eigenvalue weighted by Crippen LogP contribution is -2.54. The second kappa shape index (κ2) is 3.35. The first-order chi connectivity index (χ1) is 6.55. The van der Waals surface area contributed by atoms with Crippen LogP contribution < -0.4 is 5.32 Å². The summed E-state index contributed by atoms with van der Waals surface area (Å²) in [7, 11) is 2.07. The molecule has 1 saturated carbocycles. The van der Waals surface area contributed by atoms with Crippen molar-refractivity contribution in [3.8, 4) is 0 Å². The molecule has 78 valence electrons. The van der Waals surface area contributed by atoms with E-state index in [0.717, 1.165) is 5.92 Å². The first-order valence-electron chi connectivity index (χ1n) is 5.29. The van der Waals surface area contributed by atoms with Crippen LogP contribution in [0.3, 0.4) is 0 Å². The van der Waals surface area contributed by atoms with Gasteiger partial charge in [-0.15, -0.1) is 11.3 Å². The highest BCUT2D eigenvalue weighted by atomic mass is 32.1. The topological polar surface area (TPSA) is 12.0 Å². The predicted octanol–water partition coefficient (Wildman–Crippen LogP) is 3.16.